The molecule has 0 bridgehead atoms. The quantitative estimate of drug-likeness (QED) is 0.580. The highest BCUT2D eigenvalue weighted by Gasteiger charge is 2.30. The molecule has 1 aliphatic heterocycles. The average Bonchev–Trinajstić information content (AvgIpc) is 3.25. The molecule has 0 radical (unpaired) electrons. The van der Waals surface area contributed by atoms with Crippen molar-refractivity contribution in [3.63, 3.8) is 0 Å². The lowest BCUT2D eigenvalue weighted by atomic mass is 10.1. The van der Waals surface area contributed by atoms with Crippen molar-refractivity contribution in [1.82, 2.24) is 19.4 Å². The smallest absolute Gasteiger partial charge is 0.128 e. The number of rotatable bonds is 5. The summed E-state index contributed by atoms with van der Waals surface area (Å²) in [5, 5.41) is 0. The molecule has 1 unspecified atom stereocenters. The summed E-state index contributed by atoms with van der Waals surface area (Å²) in [6, 6.07) is 9.55. The summed E-state index contributed by atoms with van der Waals surface area (Å²) < 4.78 is 17.3. The molecule has 140 valence electrons. The van der Waals surface area contributed by atoms with Crippen LogP contribution in [0, 0.1) is 12.7 Å². The molecule has 2 aromatic heterocycles. The van der Waals surface area contributed by atoms with Gasteiger partial charge in [-0.15, -0.1) is 0 Å². The third-order valence-electron chi connectivity index (χ3n) is 5.20. The Labute approximate surface area is 167 Å². The lowest BCUT2D eigenvalue weighted by Crippen LogP contribution is -2.26. The topological polar surface area (TPSA) is 34.0 Å². The minimum atomic E-state index is -0.162. The van der Waals surface area contributed by atoms with Crippen molar-refractivity contribution in [2.24, 2.45) is 0 Å². The second-order valence-corrected chi connectivity index (χ2v) is 7.99. The highest BCUT2D eigenvalue weighted by atomic mass is 79.9. The van der Waals surface area contributed by atoms with Gasteiger partial charge in [0, 0.05) is 40.9 Å². The van der Waals surface area contributed by atoms with Gasteiger partial charge in [0.2, 0.25) is 0 Å². The van der Waals surface area contributed by atoms with E-state index in [-0.39, 0.29) is 11.9 Å². The van der Waals surface area contributed by atoms with Crippen LogP contribution in [0.15, 0.2) is 53.4 Å². The maximum Gasteiger partial charge on any atom is 0.128 e. The largest absolute Gasteiger partial charge is 0.327 e. The number of likely N-dealkylation sites (tertiary alicyclic amines) is 1. The molecular formula is C21H22BrFN4. The van der Waals surface area contributed by atoms with E-state index >= 15 is 0 Å². The number of benzene rings is 1. The average molecular weight is 429 g/mol. The number of halogens is 2. The van der Waals surface area contributed by atoms with Gasteiger partial charge < -0.3 is 4.57 Å². The molecule has 1 saturated heterocycles. The van der Waals surface area contributed by atoms with Crippen LogP contribution >= 0.6 is 15.9 Å². The number of aromatic nitrogens is 3. The van der Waals surface area contributed by atoms with Crippen molar-refractivity contribution < 1.29 is 4.39 Å². The Morgan fingerprint density at radius 3 is 2.89 bits per heavy atom. The van der Waals surface area contributed by atoms with Gasteiger partial charge in [0.1, 0.15) is 11.6 Å². The predicted octanol–water partition coefficient (Wildman–Crippen LogP) is 4.87. The third kappa shape index (κ3) is 3.96. The number of hydrogen-bond acceptors (Lipinski definition) is 3. The molecule has 3 heterocycles. The van der Waals surface area contributed by atoms with Crippen LogP contribution in [-0.4, -0.2) is 26.0 Å². The molecule has 1 aliphatic rings. The summed E-state index contributed by atoms with van der Waals surface area (Å²) in [7, 11) is 0. The van der Waals surface area contributed by atoms with Crippen molar-refractivity contribution in [2.45, 2.75) is 38.9 Å². The maximum atomic E-state index is 14.3. The van der Waals surface area contributed by atoms with Gasteiger partial charge in [0.15, 0.2) is 0 Å². The van der Waals surface area contributed by atoms with E-state index in [1.54, 1.807) is 6.20 Å². The van der Waals surface area contributed by atoms with Crippen LogP contribution in [0.5, 0.6) is 0 Å². The summed E-state index contributed by atoms with van der Waals surface area (Å²) in [5.41, 5.74) is 3.02. The molecule has 6 heteroatoms. The lowest BCUT2D eigenvalue weighted by Gasteiger charge is -2.25. The Morgan fingerprint density at radius 1 is 1.22 bits per heavy atom. The van der Waals surface area contributed by atoms with Crippen molar-refractivity contribution in [3.05, 3.63) is 81.9 Å². The molecule has 0 saturated carbocycles. The van der Waals surface area contributed by atoms with Crippen LogP contribution in [-0.2, 0) is 13.1 Å². The van der Waals surface area contributed by atoms with E-state index < -0.39 is 0 Å². The van der Waals surface area contributed by atoms with E-state index in [0.29, 0.717) is 6.54 Å². The predicted molar refractivity (Wildman–Crippen MR) is 107 cm³/mol. The molecule has 0 spiro atoms. The van der Waals surface area contributed by atoms with Gasteiger partial charge in [0.25, 0.3) is 0 Å². The minimum Gasteiger partial charge on any atom is -0.327 e. The molecular weight excluding hydrogens is 407 g/mol. The normalized spacial score (nSPS) is 17.5. The molecule has 1 fully saturated rings. The fourth-order valence-electron chi connectivity index (χ4n) is 3.80. The van der Waals surface area contributed by atoms with E-state index in [0.717, 1.165) is 53.0 Å². The van der Waals surface area contributed by atoms with Crippen LogP contribution in [0.1, 0.15) is 41.5 Å². The van der Waals surface area contributed by atoms with Crippen molar-refractivity contribution in [3.8, 4) is 0 Å². The molecule has 0 amide bonds. The van der Waals surface area contributed by atoms with Gasteiger partial charge in [-0.2, -0.15) is 0 Å². The highest BCUT2D eigenvalue weighted by molar-refractivity contribution is 9.10. The summed E-state index contributed by atoms with van der Waals surface area (Å²) in [6.07, 6.45) is 7.76. The van der Waals surface area contributed by atoms with Crippen LogP contribution in [0.4, 0.5) is 4.39 Å². The monoisotopic (exact) mass is 428 g/mol. The Kier molecular flexibility index (Phi) is 5.36. The van der Waals surface area contributed by atoms with Gasteiger partial charge in [-0.1, -0.05) is 28.1 Å². The Morgan fingerprint density at radius 2 is 2.11 bits per heavy atom. The first kappa shape index (κ1) is 18.3. The summed E-state index contributed by atoms with van der Waals surface area (Å²) in [4.78, 5) is 11.3. The Bertz CT molecular complexity index is 925. The number of aryl methyl sites for hydroxylation is 1. The first-order chi connectivity index (χ1) is 13.1. The van der Waals surface area contributed by atoms with Gasteiger partial charge in [-0.25, -0.2) is 9.37 Å². The lowest BCUT2D eigenvalue weighted by molar-refractivity contribution is 0.232. The molecule has 3 aromatic rings. The number of hydrogen-bond donors (Lipinski definition) is 0. The second kappa shape index (κ2) is 7.90. The zero-order chi connectivity index (χ0) is 18.8. The number of nitrogens with zero attached hydrogens (tertiary/aromatic N) is 4. The van der Waals surface area contributed by atoms with E-state index in [1.165, 1.54) is 6.07 Å². The molecule has 4 nitrogen and oxygen atoms in total. The number of pyridine rings is 1. The fourth-order valence-corrected chi connectivity index (χ4v) is 4.14. The summed E-state index contributed by atoms with van der Waals surface area (Å²) in [5.74, 6) is 0.899. The molecule has 27 heavy (non-hydrogen) atoms. The molecule has 1 aromatic carbocycles. The summed E-state index contributed by atoms with van der Waals surface area (Å²) in [6.45, 7) is 4.40. The first-order valence-electron chi connectivity index (χ1n) is 9.21. The zero-order valence-corrected chi connectivity index (χ0v) is 16.9. The maximum absolute atomic E-state index is 14.3. The van der Waals surface area contributed by atoms with E-state index in [9.17, 15) is 4.39 Å². The van der Waals surface area contributed by atoms with Crippen molar-refractivity contribution in [1.29, 1.82) is 0 Å². The molecule has 0 aliphatic carbocycles. The van der Waals surface area contributed by atoms with Crippen LogP contribution in [0.3, 0.4) is 0 Å². The van der Waals surface area contributed by atoms with Gasteiger partial charge in [-0.3, -0.25) is 9.88 Å². The van der Waals surface area contributed by atoms with Gasteiger partial charge in [0.05, 0.1) is 12.6 Å². The van der Waals surface area contributed by atoms with Crippen molar-refractivity contribution >= 4 is 15.9 Å². The zero-order valence-electron chi connectivity index (χ0n) is 15.3. The third-order valence-corrected chi connectivity index (χ3v) is 5.69. The van der Waals surface area contributed by atoms with E-state index in [1.807, 2.05) is 30.6 Å². The Balaban J connectivity index is 1.59. The molecule has 1 atom stereocenters. The minimum absolute atomic E-state index is 0.162. The van der Waals surface area contributed by atoms with Crippen LogP contribution in [0.25, 0.3) is 0 Å². The first-order valence-corrected chi connectivity index (χ1v) is 10.00. The number of imidazole rings is 1. The van der Waals surface area contributed by atoms with Crippen LogP contribution in [0.2, 0.25) is 0 Å². The summed E-state index contributed by atoms with van der Waals surface area (Å²) >= 11 is 3.33. The highest BCUT2D eigenvalue weighted by Crippen LogP contribution is 2.33. The second-order valence-electron chi connectivity index (χ2n) is 7.07. The Hall–Kier alpha value is -2.05. The van der Waals surface area contributed by atoms with Crippen LogP contribution < -0.4 is 0 Å². The van der Waals surface area contributed by atoms with Crippen molar-refractivity contribution in [2.75, 3.05) is 6.54 Å². The van der Waals surface area contributed by atoms with E-state index in [2.05, 4.69) is 43.4 Å². The molecule has 0 N–H and O–H groups in total. The SMILES string of the molecule is Cc1cnc(C2CCCN2Cc2ccc(Br)cc2F)n1Cc1cccnc1. The van der Waals surface area contributed by atoms with E-state index in [4.69, 9.17) is 4.98 Å². The fraction of sp³-hybridized carbons (Fsp3) is 0.333. The van der Waals surface area contributed by atoms with Gasteiger partial charge in [-0.05, 0) is 50.1 Å². The standard InChI is InChI=1S/C21H22BrFN4/c1-15-11-25-21(27(15)13-16-4-2-8-24-12-16)20-5-3-9-26(20)14-17-6-7-18(22)10-19(17)23/h2,4,6-8,10-12,20H,3,5,9,13-14H2,1H3. The van der Waals surface area contributed by atoms with Gasteiger partial charge >= 0.3 is 0 Å². The molecule has 4 rings (SSSR count).